The van der Waals surface area contributed by atoms with Crippen LogP contribution >= 0.6 is 0 Å². The largest absolute Gasteiger partial charge is 0.494 e. The molecule has 4 heteroatoms. The number of hydrogen-bond acceptors (Lipinski definition) is 4. The molecule has 0 aliphatic rings. The SMILES string of the molecule is CCCOc1ccc(-c2nc(C)nc(N)c2C)cc1. The average molecular weight is 257 g/mol. The van der Waals surface area contributed by atoms with Gasteiger partial charge in [-0.25, -0.2) is 9.97 Å². The molecule has 2 rings (SSSR count). The molecule has 2 aromatic rings. The molecule has 100 valence electrons. The molecule has 0 aliphatic carbocycles. The number of rotatable bonds is 4. The Bertz CT molecular complexity index is 564. The fraction of sp³-hybridized carbons (Fsp3) is 0.333. The highest BCUT2D eigenvalue weighted by Crippen LogP contribution is 2.26. The zero-order valence-corrected chi connectivity index (χ0v) is 11.6. The minimum atomic E-state index is 0.536. The molecule has 4 nitrogen and oxygen atoms in total. The van der Waals surface area contributed by atoms with E-state index in [1.165, 1.54) is 0 Å². The van der Waals surface area contributed by atoms with Gasteiger partial charge in [-0.2, -0.15) is 0 Å². The standard InChI is InChI=1S/C15H19N3O/c1-4-9-19-13-7-5-12(6-8-13)14-10(2)15(16)18-11(3)17-14/h5-8H,4,9H2,1-3H3,(H2,16,17,18). The Balaban J connectivity index is 2.32. The van der Waals surface area contributed by atoms with Crippen molar-refractivity contribution in [3.05, 3.63) is 35.7 Å². The van der Waals surface area contributed by atoms with Crippen LogP contribution in [-0.4, -0.2) is 16.6 Å². The number of hydrogen-bond donors (Lipinski definition) is 1. The summed E-state index contributed by atoms with van der Waals surface area (Å²) in [6.07, 6.45) is 1.00. The topological polar surface area (TPSA) is 61.0 Å². The lowest BCUT2D eigenvalue weighted by Crippen LogP contribution is -2.02. The van der Waals surface area contributed by atoms with Gasteiger partial charge in [-0.15, -0.1) is 0 Å². The van der Waals surface area contributed by atoms with Crippen molar-refractivity contribution in [2.24, 2.45) is 0 Å². The van der Waals surface area contributed by atoms with Crippen LogP contribution in [0.3, 0.4) is 0 Å². The highest BCUT2D eigenvalue weighted by Gasteiger charge is 2.09. The molecular weight excluding hydrogens is 238 g/mol. The minimum Gasteiger partial charge on any atom is -0.494 e. The lowest BCUT2D eigenvalue weighted by atomic mass is 10.1. The first-order valence-electron chi connectivity index (χ1n) is 6.45. The normalized spacial score (nSPS) is 10.5. The van der Waals surface area contributed by atoms with Gasteiger partial charge in [-0.05, 0) is 44.5 Å². The molecule has 0 amide bonds. The molecule has 0 bridgehead atoms. The molecule has 0 saturated heterocycles. The number of nitrogens with two attached hydrogens (primary N) is 1. The molecule has 0 spiro atoms. The van der Waals surface area contributed by atoms with Gasteiger partial charge in [0.15, 0.2) is 0 Å². The van der Waals surface area contributed by atoms with Gasteiger partial charge in [-0.1, -0.05) is 6.92 Å². The number of aromatic nitrogens is 2. The summed E-state index contributed by atoms with van der Waals surface area (Å²) in [6, 6.07) is 7.91. The van der Waals surface area contributed by atoms with Crippen LogP contribution in [0.4, 0.5) is 5.82 Å². The molecule has 0 fully saturated rings. The molecule has 1 aromatic carbocycles. The van der Waals surface area contributed by atoms with Gasteiger partial charge < -0.3 is 10.5 Å². The van der Waals surface area contributed by atoms with Gasteiger partial charge in [-0.3, -0.25) is 0 Å². The van der Waals surface area contributed by atoms with Crippen molar-refractivity contribution in [2.45, 2.75) is 27.2 Å². The Labute approximate surface area is 113 Å². The number of aryl methyl sites for hydroxylation is 1. The molecule has 0 unspecified atom stereocenters. The van der Waals surface area contributed by atoms with Gasteiger partial charge in [0.25, 0.3) is 0 Å². The molecule has 1 heterocycles. The smallest absolute Gasteiger partial charge is 0.130 e. The summed E-state index contributed by atoms with van der Waals surface area (Å²) in [6.45, 7) is 6.60. The van der Waals surface area contributed by atoms with Crippen molar-refractivity contribution in [3.8, 4) is 17.0 Å². The van der Waals surface area contributed by atoms with E-state index in [0.717, 1.165) is 35.6 Å². The van der Waals surface area contributed by atoms with Crippen molar-refractivity contribution >= 4 is 5.82 Å². The molecular formula is C15H19N3O. The molecule has 19 heavy (non-hydrogen) atoms. The van der Waals surface area contributed by atoms with Crippen molar-refractivity contribution in [1.29, 1.82) is 0 Å². The van der Waals surface area contributed by atoms with E-state index in [-0.39, 0.29) is 0 Å². The van der Waals surface area contributed by atoms with Gasteiger partial charge in [0.2, 0.25) is 0 Å². The third-order valence-electron chi connectivity index (χ3n) is 2.90. The van der Waals surface area contributed by atoms with Crippen molar-refractivity contribution in [3.63, 3.8) is 0 Å². The number of nitrogens with zero attached hydrogens (tertiary/aromatic N) is 2. The lowest BCUT2D eigenvalue weighted by Gasteiger charge is -2.09. The van der Waals surface area contributed by atoms with Crippen molar-refractivity contribution in [2.75, 3.05) is 12.3 Å². The van der Waals surface area contributed by atoms with E-state index < -0.39 is 0 Å². The van der Waals surface area contributed by atoms with E-state index in [1.807, 2.05) is 38.1 Å². The van der Waals surface area contributed by atoms with Crippen LogP contribution in [0.1, 0.15) is 24.7 Å². The molecule has 0 radical (unpaired) electrons. The van der Waals surface area contributed by atoms with E-state index in [0.29, 0.717) is 11.6 Å². The van der Waals surface area contributed by atoms with Crippen LogP contribution in [0.25, 0.3) is 11.3 Å². The van der Waals surface area contributed by atoms with Gasteiger partial charge in [0.1, 0.15) is 17.4 Å². The van der Waals surface area contributed by atoms with Crippen LogP contribution in [0.5, 0.6) is 5.75 Å². The molecule has 2 N–H and O–H groups in total. The van der Waals surface area contributed by atoms with E-state index >= 15 is 0 Å². The first kappa shape index (κ1) is 13.3. The Morgan fingerprint density at radius 2 is 1.79 bits per heavy atom. The molecule has 1 aromatic heterocycles. The van der Waals surface area contributed by atoms with Gasteiger partial charge >= 0.3 is 0 Å². The molecule has 0 aliphatic heterocycles. The maximum absolute atomic E-state index is 5.88. The van der Waals surface area contributed by atoms with E-state index in [2.05, 4.69) is 16.9 Å². The maximum Gasteiger partial charge on any atom is 0.130 e. The molecule has 0 atom stereocenters. The summed E-state index contributed by atoms with van der Waals surface area (Å²) in [7, 11) is 0. The van der Waals surface area contributed by atoms with Crippen LogP contribution in [-0.2, 0) is 0 Å². The van der Waals surface area contributed by atoms with E-state index in [9.17, 15) is 0 Å². The zero-order valence-electron chi connectivity index (χ0n) is 11.6. The number of nitrogen functional groups attached to an aromatic ring is 1. The lowest BCUT2D eigenvalue weighted by molar-refractivity contribution is 0.317. The summed E-state index contributed by atoms with van der Waals surface area (Å²) in [5.41, 5.74) is 8.70. The predicted octanol–water partition coefficient (Wildman–Crippen LogP) is 3.13. The molecule has 0 saturated carbocycles. The van der Waals surface area contributed by atoms with Crippen LogP contribution in [0.15, 0.2) is 24.3 Å². The quantitative estimate of drug-likeness (QED) is 0.914. The Morgan fingerprint density at radius 1 is 1.11 bits per heavy atom. The number of benzene rings is 1. The highest BCUT2D eigenvalue weighted by molar-refractivity contribution is 5.67. The Morgan fingerprint density at radius 3 is 2.42 bits per heavy atom. The maximum atomic E-state index is 5.88. The van der Waals surface area contributed by atoms with Crippen LogP contribution in [0, 0.1) is 13.8 Å². The average Bonchev–Trinajstić information content (AvgIpc) is 2.41. The summed E-state index contributed by atoms with van der Waals surface area (Å²) in [4.78, 5) is 8.62. The summed E-state index contributed by atoms with van der Waals surface area (Å²) in [5, 5.41) is 0. The van der Waals surface area contributed by atoms with Crippen molar-refractivity contribution in [1.82, 2.24) is 9.97 Å². The second-order valence-corrected chi connectivity index (χ2v) is 4.50. The van der Waals surface area contributed by atoms with E-state index in [4.69, 9.17) is 10.5 Å². The van der Waals surface area contributed by atoms with Crippen molar-refractivity contribution < 1.29 is 4.74 Å². The van der Waals surface area contributed by atoms with Crippen LogP contribution < -0.4 is 10.5 Å². The Hall–Kier alpha value is -2.10. The summed E-state index contributed by atoms with van der Waals surface area (Å²) < 4.78 is 5.57. The number of ether oxygens (including phenoxy) is 1. The van der Waals surface area contributed by atoms with Gasteiger partial charge in [0.05, 0.1) is 12.3 Å². The third kappa shape index (κ3) is 3.02. The second kappa shape index (κ2) is 5.69. The number of anilines is 1. The first-order chi connectivity index (χ1) is 9.11. The second-order valence-electron chi connectivity index (χ2n) is 4.50. The zero-order chi connectivity index (χ0) is 13.8. The fourth-order valence-corrected chi connectivity index (χ4v) is 1.86. The summed E-state index contributed by atoms with van der Waals surface area (Å²) in [5.74, 6) is 2.10. The van der Waals surface area contributed by atoms with Crippen LogP contribution in [0.2, 0.25) is 0 Å². The monoisotopic (exact) mass is 257 g/mol. The van der Waals surface area contributed by atoms with E-state index in [1.54, 1.807) is 0 Å². The fourth-order valence-electron chi connectivity index (χ4n) is 1.86. The third-order valence-corrected chi connectivity index (χ3v) is 2.90. The summed E-state index contributed by atoms with van der Waals surface area (Å²) >= 11 is 0. The Kier molecular flexibility index (Phi) is 4.00. The van der Waals surface area contributed by atoms with Gasteiger partial charge in [0, 0.05) is 11.1 Å². The minimum absolute atomic E-state index is 0.536. The predicted molar refractivity (Wildman–Crippen MR) is 77.1 cm³/mol. The first-order valence-corrected chi connectivity index (χ1v) is 6.45. The highest BCUT2D eigenvalue weighted by atomic mass is 16.5.